The van der Waals surface area contributed by atoms with Gasteiger partial charge in [-0.05, 0) is 12.1 Å². The lowest BCUT2D eigenvalue weighted by Crippen LogP contribution is -2.14. The third kappa shape index (κ3) is 2.25. The summed E-state index contributed by atoms with van der Waals surface area (Å²) in [6.07, 6.45) is 0.866. The van der Waals surface area contributed by atoms with Crippen molar-refractivity contribution >= 4 is 28.1 Å². The summed E-state index contributed by atoms with van der Waals surface area (Å²) in [5, 5.41) is 0. The van der Waals surface area contributed by atoms with Crippen molar-refractivity contribution in [2.24, 2.45) is 0 Å². The number of nitrogens with zero attached hydrogens (tertiary/aromatic N) is 1. The lowest BCUT2D eigenvalue weighted by Gasteiger charge is -2.17. The first-order valence-electron chi connectivity index (χ1n) is 5.70. The standard InChI is InChI=1S/C13H11BrN2OS/c14-9-3-1-8(2-4-9)12-15-11-5-6-17-7-10(11)13(18)16-12/h1-4H,5-7H2,(H,15,16,18). The minimum absolute atomic E-state index is 0.568. The lowest BCUT2D eigenvalue weighted by molar-refractivity contribution is 0.108. The van der Waals surface area contributed by atoms with Crippen LogP contribution in [0, 0.1) is 4.64 Å². The maximum atomic E-state index is 5.41. The maximum Gasteiger partial charge on any atom is 0.139 e. The number of halogens is 1. The van der Waals surface area contributed by atoms with E-state index in [1.165, 1.54) is 0 Å². The highest BCUT2D eigenvalue weighted by Crippen LogP contribution is 2.22. The first-order valence-corrected chi connectivity index (χ1v) is 6.90. The Morgan fingerprint density at radius 1 is 1.28 bits per heavy atom. The van der Waals surface area contributed by atoms with Crippen LogP contribution >= 0.6 is 28.1 Å². The summed E-state index contributed by atoms with van der Waals surface area (Å²) < 4.78 is 7.10. The second-order valence-electron chi connectivity index (χ2n) is 4.16. The van der Waals surface area contributed by atoms with Crippen molar-refractivity contribution in [1.29, 1.82) is 0 Å². The smallest absolute Gasteiger partial charge is 0.139 e. The zero-order valence-corrected chi connectivity index (χ0v) is 12.0. The summed E-state index contributed by atoms with van der Waals surface area (Å²) in [4.78, 5) is 7.82. The van der Waals surface area contributed by atoms with E-state index < -0.39 is 0 Å². The summed E-state index contributed by atoms with van der Waals surface area (Å²) >= 11 is 8.76. The van der Waals surface area contributed by atoms with E-state index >= 15 is 0 Å². The minimum atomic E-state index is 0.568. The first kappa shape index (κ1) is 12.0. The van der Waals surface area contributed by atoms with E-state index in [0.717, 1.165) is 40.1 Å². The molecule has 3 rings (SSSR count). The van der Waals surface area contributed by atoms with Crippen molar-refractivity contribution in [3.05, 3.63) is 44.6 Å². The van der Waals surface area contributed by atoms with Crippen LogP contribution in [0.4, 0.5) is 0 Å². The topological polar surface area (TPSA) is 37.9 Å². The molecule has 0 unspecified atom stereocenters. The Bertz CT molecular complexity index is 636. The van der Waals surface area contributed by atoms with Crippen LogP contribution in [0.15, 0.2) is 28.7 Å². The summed E-state index contributed by atoms with van der Waals surface area (Å²) in [6, 6.07) is 8.03. The second kappa shape index (κ2) is 4.91. The molecule has 3 nitrogen and oxygen atoms in total. The minimum Gasteiger partial charge on any atom is -0.376 e. The first-order chi connectivity index (χ1) is 8.74. The average molecular weight is 323 g/mol. The molecule has 1 aromatic heterocycles. The molecule has 0 spiro atoms. The predicted octanol–water partition coefficient (Wildman–Crippen LogP) is 3.64. The molecule has 1 N–H and O–H groups in total. The highest BCUT2D eigenvalue weighted by Gasteiger charge is 2.14. The zero-order chi connectivity index (χ0) is 12.5. The third-order valence-corrected chi connectivity index (χ3v) is 3.83. The molecular weight excluding hydrogens is 312 g/mol. The van der Waals surface area contributed by atoms with Crippen LogP contribution < -0.4 is 0 Å². The Morgan fingerprint density at radius 2 is 2.06 bits per heavy atom. The molecule has 0 aliphatic carbocycles. The van der Waals surface area contributed by atoms with E-state index in [-0.39, 0.29) is 0 Å². The molecule has 1 aromatic carbocycles. The molecule has 0 amide bonds. The van der Waals surface area contributed by atoms with Crippen LogP contribution in [-0.4, -0.2) is 16.6 Å². The molecule has 0 radical (unpaired) electrons. The largest absolute Gasteiger partial charge is 0.376 e. The van der Waals surface area contributed by atoms with Gasteiger partial charge in [-0.1, -0.05) is 40.3 Å². The fourth-order valence-corrected chi connectivity index (χ4v) is 2.54. The van der Waals surface area contributed by atoms with Crippen LogP contribution in [0.5, 0.6) is 0 Å². The van der Waals surface area contributed by atoms with Gasteiger partial charge < -0.3 is 9.72 Å². The normalized spacial score (nSPS) is 14.3. The maximum absolute atomic E-state index is 5.41. The van der Waals surface area contributed by atoms with Crippen molar-refractivity contribution in [2.45, 2.75) is 13.0 Å². The summed E-state index contributed by atoms with van der Waals surface area (Å²) in [7, 11) is 0. The molecule has 0 atom stereocenters. The van der Waals surface area contributed by atoms with Gasteiger partial charge in [-0.3, -0.25) is 0 Å². The number of hydrogen-bond acceptors (Lipinski definition) is 3. The van der Waals surface area contributed by atoms with Gasteiger partial charge in [-0.15, -0.1) is 0 Å². The molecule has 1 aliphatic rings. The van der Waals surface area contributed by atoms with Crippen LogP contribution in [0.25, 0.3) is 11.4 Å². The molecule has 92 valence electrons. The average Bonchev–Trinajstić information content (AvgIpc) is 2.39. The van der Waals surface area contributed by atoms with Crippen molar-refractivity contribution in [3.63, 3.8) is 0 Å². The van der Waals surface area contributed by atoms with E-state index in [2.05, 4.69) is 25.9 Å². The van der Waals surface area contributed by atoms with Gasteiger partial charge >= 0.3 is 0 Å². The van der Waals surface area contributed by atoms with Gasteiger partial charge in [0.05, 0.1) is 13.2 Å². The van der Waals surface area contributed by atoms with E-state index in [0.29, 0.717) is 11.2 Å². The molecule has 0 saturated heterocycles. The number of rotatable bonds is 1. The Labute approximate surface area is 118 Å². The van der Waals surface area contributed by atoms with Crippen LogP contribution in [0.2, 0.25) is 0 Å². The molecule has 2 aromatic rings. The number of ether oxygens (including phenoxy) is 1. The summed E-state index contributed by atoms with van der Waals surface area (Å²) in [6.45, 7) is 1.31. The quantitative estimate of drug-likeness (QED) is 0.814. The SMILES string of the molecule is S=c1nc(-c2ccc(Br)cc2)[nH]c2c1COCC2. The second-order valence-corrected chi connectivity index (χ2v) is 5.46. The Morgan fingerprint density at radius 3 is 2.83 bits per heavy atom. The Hall–Kier alpha value is -1.04. The molecule has 2 heterocycles. The molecular formula is C13H11BrN2OS. The zero-order valence-electron chi connectivity index (χ0n) is 9.57. The Balaban J connectivity index is 2.11. The third-order valence-electron chi connectivity index (χ3n) is 2.97. The van der Waals surface area contributed by atoms with E-state index in [4.69, 9.17) is 17.0 Å². The lowest BCUT2D eigenvalue weighted by atomic mass is 10.1. The number of aromatic amines is 1. The molecule has 1 aliphatic heterocycles. The predicted molar refractivity (Wildman–Crippen MR) is 75.9 cm³/mol. The monoisotopic (exact) mass is 322 g/mol. The van der Waals surface area contributed by atoms with Crippen molar-refractivity contribution in [3.8, 4) is 11.4 Å². The highest BCUT2D eigenvalue weighted by atomic mass is 79.9. The Kier molecular flexibility index (Phi) is 3.28. The van der Waals surface area contributed by atoms with Gasteiger partial charge in [0.15, 0.2) is 0 Å². The van der Waals surface area contributed by atoms with E-state index in [1.807, 2.05) is 24.3 Å². The summed E-state index contributed by atoms with van der Waals surface area (Å²) in [5.41, 5.74) is 3.22. The number of benzene rings is 1. The van der Waals surface area contributed by atoms with E-state index in [9.17, 15) is 0 Å². The fraction of sp³-hybridized carbons (Fsp3) is 0.231. The van der Waals surface area contributed by atoms with Gasteiger partial charge in [0, 0.05) is 27.7 Å². The summed E-state index contributed by atoms with van der Waals surface area (Å²) in [5.74, 6) is 0.827. The molecule has 0 bridgehead atoms. The fourth-order valence-electron chi connectivity index (χ4n) is 2.00. The molecule has 5 heteroatoms. The van der Waals surface area contributed by atoms with Gasteiger partial charge in [0.1, 0.15) is 10.5 Å². The van der Waals surface area contributed by atoms with Crippen LogP contribution in [-0.2, 0) is 17.8 Å². The van der Waals surface area contributed by atoms with Crippen molar-refractivity contribution in [1.82, 2.24) is 9.97 Å². The number of H-pyrrole nitrogens is 1. The van der Waals surface area contributed by atoms with Crippen molar-refractivity contribution < 1.29 is 4.74 Å². The van der Waals surface area contributed by atoms with Crippen LogP contribution in [0.3, 0.4) is 0 Å². The number of hydrogen-bond donors (Lipinski definition) is 1. The number of aromatic nitrogens is 2. The highest BCUT2D eigenvalue weighted by molar-refractivity contribution is 9.10. The van der Waals surface area contributed by atoms with E-state index in [1.54, 1.807) is 0 Å². The van der Waals surface area contributed by atoms with Gasteiger partial charge in [0.25, 0.3) is 0 Å². The molecule has 0 saturated carbocycles. The van der Waals surface area contributed by atoms with Crippen molar-refractivity contribution in [2.75, 3.05) is 6.61 Å². The molecule has 0 fully saturated rings. The number of nitrogens with one attached hydrogen (secondary N) is 1. The van der Waals surface area contributed by atoms with Gasteiger partial charge in [-0.2, -0.15) is 0 Å². The molecule has 18 heavy (non-hydrogen) atoms. The van der Waals surface area contributed by atoms with Gasteiger partial charge in [0.2, 0.25) is 0 Å². The van der Waals surface area contributed by atoms with Crippen LogP contribution in [0.1, 0.15) is 11.3 Å². The number of fused-ring (bicyclic) bond motifs is 1. The van der Waals surface area contributed by atoms with Gasteiger partial charge in [-0.25, -0.2) is 4.98 Å².